The highest BCUT2D eigenvalue weighted by Crippen LogP contribution is 2.38. The number of carbonyl (C=O) groups is 1. The molecular formula is C28H24ClN5O. The Labute approximate surface area is 208 Å². The maximum absolute atomic E-state index is 13.9. The molecule has 7 heteroatoms. The van der Waals surface area contributed by atoms with E-state index in [0.717, 1.165) is 56.7 Å². The predicted molar refractivity (Wildman–Crippen MR) is 140 cm³/mol. The Bertz CT molecular complexity index is 1430. The molecule has 0 unspecified atom stereocenters. The van der Waals surface area contributed by atoms with Crippen LogP contribution < -0.4 is 4.90 Å². The van der Waals surface area contributed by atoms with Gasteiger partial charge >= 0.3 is 0 Å². The monoisotopic (exact) mass is 481 g/mol. The van der Waals surface area contributed by atoms with Gasteiger partial charge in [-0.2, -0.15) is 0 Å². The molecule has 1 amide bonds. The highest BCUT2D eigenvalue weighted by Gasteiger charge is 2.31. The molecule has 174 valence electrons. The van der Waals surface area contributed by atoms with E-state index in [1.165, 1.54) is 0 Å². The Hall–Kier alpha value is -3.77. The summed E-state index contributed by atoms with van der Waals surface area (Å²) in [5.41, 5.74) is 5.90. The van der Waals surface area contributed by atoms with E-state index < -0.39 is 0 Å². The number of rotatable bonds is 3. The third-order valence-electron chi connectivity index (χ3n) is 6.77. The number of pyridine rings is 1. The molecule has 1 aliphatic carbocycles. The van der Waals surface area contributed by atoms with Gasteiger partial charge in [-0.05, 0) is 59.9 Å². The zero-order chi connectivity index (χ0) is 23.8. The SMILES string of the molecule is O=C(c1c2c(nc3ccccc13)/C(=C/c1ccc(Cl)cc1)CC2)N1CCN(c2ncccn2)CC1. The number of amides is 1. The van der Waals surface area contributed by atoms with Crippen molar-refractivity contribution < 1.29 is 4.79 Å². The molecule has 0 bridgehead atoms. The van der Waals surface area contributed by atoms with E-state index in [4.69, 9.17) is 16.6 Å². The molecule has 0 saturated carbocycles. The molecule has 6 nitrogen and oxygen atoms in total. The van der Waals surface area contributed by atoms with Crippen molar-refractivity contribution in [1.29, 1.82) is 0 Å². The van der Waals surface area contributed by atoms with Gasteiger partial charge in [-0.1, -0.05) is 41.9 Å². The molecule has 2 aliphatic rings. The molecular weight excluding hydrogens is 458 g/mol. The first-order valence-electron chi connectivity index (χ1n) is 11.9. The van der Waals surface area contributed by atoms with Gasteiger partial charge in [-0.25, -0.2) is 15.0 Å². The Morgan fingerprint density at radius 1 is 0.886 bits per heavy atom. The third kappa shape index (κ3) is 4.15. The molecule has 3 heterocycles. The van der Waals surface area contributed by atoms with Crippen LogP contribution in [0.4, 0.5) is 5.95 Å². The second-order valence-electron chi connectivity index (χ2n) is 8.88. The average Bonchev–Trinajstić information content (AvgIpc) is 3.30. The van der Waals surface area contributed by atoms with Crippen molar-refractivity contribution in [2.45, 2.75) is 12.8 Å². The second kappa shape index (κ2) is 9.12. The lowest BCUT2D eigenvalue weighted by molar-refractivity contribution is 0.0747. The quantitative estimate of drug-likeness (QED) is 0.406. The van der Waals surface area contributed by atoms with Crippen LogP contribution in [0.5, 0.6) is 0 Å². The first kappa shape index (κ1) is 21.7. The number of para-hydroxylation sites is 1. The lowest BCUT2D eigenvalue weighted by atomic mass is 9.99. The summed E-state index contributed by atoms with van der Waals surface area (Å²) < 4.78 is 0. The molecule has 1 aliphatic heterocycles. The van der Waals surface area contributed by atoms with Gasteiger partial charge in [0.15, 0.2) is 0 Å². The number of nitrogens with zero attached hydrogens (tertiary/aromatic N) is 5. The highest BCUT2D eigenvalue weighted by molar-refractivity contribution is 6.30. The number of halogens is 1. The van der Waals surface area contributed by atoms with Crippen molar-refractivity contribution in [2.75, 3.05) is 31.1 Å². The fraction of sp³-hybridized carbons (Fsp3) is 0.214. The van der Waals surface area contributed by atoms with Crippen LogP contribution in [0.2, 0.25) is 5.02 Å². The molecule has 4 aromatic rings. The summed E-state index contributed by atoms with van der Waals surface area (Å²) in [7, 11) is 0. The van der Waals surface area contributed by atoms with Gasteiger partial charge in [0.25, 0.3) is 5.91 Å². The summed E-state index contributed by atoms with van der Waals surface area (Å²) in [6, 6.07) is 17.6. The summed E-state index contributed by atoms with van der Waals surface area (Å²) in [4.78, 5) is 31.7. The van der Waals surface area contributed by atoms with E-state index in [1.54, 1.807) is 12.4 Å². The van der Waals surface area contributed by atoms with Gasteiger partial charge in [-0.15, -0.1) is 0 Å². The second-order valence-corrected chi connectivity index (χ2v) is 9.32. The third-order valence-corrected chi connectivity index (χ3v) is 7.02. The maximum Gasteiger partial charge on any atom is 0.255 e. The Kier molecular flexibility index (Phi) is 5.66. The largest absolute Gasteiger partial charge is 0.337 e. The predicted octanol–water partition coefficient (Wildman–Crippen LogP) is 5.13. The van der Waals surface area contributed by atoms with Gasteiger partial charge in [0.1, 0.15) is 0 Å². The van der Waals surface area contributed by atoms with E-state index in [9.17, 15) is 4.79 Å². The number of anilines is 1. The number of fused-ring (bicyclic) bond motifs is 2. The summed E-state index contributed by atoms with van der Waals surface area (Å²) in [6.07, 6.45) is 7.34. The van der Waals surface area contributed by atoms with Gasteiger partial charge < -0.3 is 9.80 Å². The number of hydrogen-bond donors (Lipinski definition) is 0. The highest BCUT2D eigenvalue weighted by atomic mass is 35.5. The lowest BCUT2D eigenvalue weighted by Gasteiger charge is -2.35. The molecule has 35 heavy (non-hydrogen) atoms. The fourth-order valence-corrected chi connectivity index (χ4v) is 5.13. The van der Waals surface area contributed by atoms with Crippen LogP contribution >= 0.6 is 11.6 Å². The van der Waals surface area contributed by atoms with E-state index in [-0.39, 0.29) is 5.91 Å². The zero-order valence-electron chi connectivity index (χ0n) is 19.2. The molecule has 0 N–H and O–H groups in total. The minimum absolute atomic E-state index is 0.0845. The van der Waals surface area contributed by atoms with Crippen molar-refractivity contribution in [1.82, 2.24) is 19.9 Å². The number of piperazine rings is 1. The summed E-state index contributed by atoms with van der Waals surface area (Å²) in [5.74, 6) is 0.799. The first-order chi connectivity index (χ1) is 17.2. The van der Waals surface area contributed by atoms with E-state index in [0.29, 0.717) is 32.1 Å². The molecule has 0 spiro atoms. The normalized spacial score (nSPS) is 16.7. The van der Waals surface area contributed by atoms with Crippen LogP contribution in [-0.2, 0) is 6.42 Å². The van der Waals surface area contributed by atoms with Crippen LogP contribution in [0, 0.1) is 0 Å². The molecule has 6 rings (SSSR count). The average molecular weight is 482 g/mol. The topological polar surface area (TPSA) is 62.2 Å². The summed E-state index contributed by atoms with van der Waals surface area (Å²) in [6.45, 7) is 2.69. The molecule has 0 radical (unpaired) electrons. The number of hydrogen-bond acceptors (Lipinski definition) is 5. The summed E-state index contributed by atoms with van der Waals surface area (Å²) >= 11 is 6.06. The van der Waals surface area contributed by atoms with Crippen molar-refractivity contribution in [2.24, 2.45) is 0 Å². The molecule has 1 saturated heterocycles. The van der Waals surface area contributed by atoms with E-state index >= 15 is 0 Å². The van der Waals surface area contributed by atoms with Crippen LogP contribution in [0.1, 0.15) is 33.6 Å². The van der Waals surface area contributed by atoms with Crippen molar-refractivity contribution in [3.63, 3.8) is 0 Å². The maximum atomic E-state index is 13.9. The molecule has 0 atom stereocenters. The molecule has 2 aromatic carbocycles. The first-order valence-corrected chi connectivity index (χ1v) is 12.2. The Morgan fingerprint density at radius 2 is 1.63 bits per heavy atom. The number of aromatic nitrogens is 3. The van der Waals surface area contributed by atoms with Crippen molar-refractivity contribution in [3.8, 4) is 0 Å². The number of allylic oxidation sites excluding steroid dienone is 1. The molecule has 2 aromatic heterocycles. The minimum Gasteiger partial charge on any atom is -0.337 e. The summed E-state index contributed by atoms with van der Waals surface area (Å²) in [5, 5.41) is 1.65. The Balaban J connectivity index is 1.34. The van der Waals surface area contributed by atoms with E-state index in [1.807, 2.05) is 59.5 Å². The van der Waals surface area contributed by atoms with Crippen LogP contribution in [-0.4, -0.2) is 51.9 Å². The van der Waals surface area contributed by atoms with Gasteiger partial charge in [0, 0.05) is 49.0 Å². The van der Waals surface area contributed by atoms with Crippen LogP contribution in [0.15, 0.2) is 67.0 Å². The lowest BCUT2D eigenvalue weighted by Crippen LogP contribution is -2.49. The molecule has 1 fully saturated rings. The number of carbonyl (C=O) groups excluding carboxylic acids is 1. The van der Waals surface area contributed by atoms with Crippen molar-refractivity contribution in [3.05, 3.63) is 94.4 Å². The van der Waals surface area contributed by atoms with Crippen molar-refractivity contribution >= 4 is 46.0 Å². The van der Waals surface area contributed by atoms with Crippen LogP contribution in [0.25, 0.3) is 22.6 Å². The minimum atomic E-state index is 0.0845. The standard InChI is InChI=1S/C28H24ClN5O/c29-21-9-6-19(7-10-21)18-20-8-11-23-25(22-4-1-2-5-24(22)32-26(20)23)27(35)33-14-16-34(17-15-33)28-30-12-3-13-31-28/h1-7,9-10,12-13,18H,8,11,14-17H2/b20-18+. The fourth-order valence-electron chi connectivity index (χ4n) is 5.01. The van der Waals surface area contributed by atoms with Gasteiger partial charge in [0.05, 0.1) is 16.8 Å². The number of benzene rings is 2. The Morgan fingerprint density at radius 3 is 2.40 bits per heavy atom. The van der Waals surface area contributed by atoms with Gasteiger partial charge in [-0.3, -0.25) is 4.79 Å². The zero-order valence-corrected chi connectivity index (χ0v) is 19.9. The smallest absolute Gasteiger partial charge is 0.255 e. The van der Waals surface area contributed by atoms with E-state index in [2.05, 4.69) is 20.9 Å². The van der Waals surface area contributed by atoms with Gasteiger partial charge in [0.2, 0.25) is 5.95 Å². The van der Waals surface area contributed by atoms with Crippen LogP contribution in [0.3, 0.4) is 0 Å².